The van der Waals surface area contributed by atoms with Crippen LogP contribution in [0, 0.1) is 39.4 Å². The first-order chi connectivity index (χ1) is 14.2. The summed E-state index contributed by atoms with van der Waals surface area (Å²) in [5, 5.41) is 12.1. The maximum atomic E-state index is 12.8. The fourth-order valence-electron chi connectivity index (χ4n) is 10.2. The first-order valence-corrected chi connectivity index (χ1v) is 12.7. The van der Waals surface area contributed by atoms with E-state index in [2.05, 4.69) is 34.6 Å². The van der Waals surface area contributed by atoms with Crippen LogP contribution in [0.1, 0.15) is 106 Å². The van der Waals surface area contributed by atoms with Crippen molar-refractivity contribution in [1.29, 1.82) is 0 Å². The Morgan fingerprint density at radius 2 is 1.39 bits per heavy atom. The maximum absolute atomic E-state index is 12.8. The number of cyclic esters (lactones) is 1. The average molecular weight is 431 g/mol. The third-order valence-corrected chi connectivity index (χ3v) is 12.3. The van der Waals surface area contributed by atoms with E-state index in [0.717, 1.165) is 44.9 Å². The van der Waals surface area contributed by atoms with Gasteiger partial charge in [-0.3, -0.25) is 9.59 Å². The van der Waals surface area contributed by atoms with E-state index < -0.39 is 11.2 Å². The van der Waals surface area contributed by atoms with Crippen LogP contribution in [0.25, 0.3) is 0 Å². The van der Waals surface area contributed by atoms with Gasteiger partial charge in [0.15, 0.2) is 0 Å². The number of esters is 1. The molecule has 0 amide bonds. The minimum absolute atomic E-state index is 0.0300. The molecule has 0 spiro atoms. The van der Waals surface area contributed by atoms with Gasteiger partial charge in [0.25, 0.3) is 0 Å². The highest BCUT2D eigenvalue weighted by Gasteiger charge is 2.73. The van der Waals surface area contributed by atoms with E-state index in [1.54, 1.807) is 0 Å². The second-order valence-corrected chi connectivity index (χ2v) is 13.4. The Morgan fingerprint density at radius 1 is 0.742 bits per heavy atom. The van der Waals surface area contributed by atoms with Crippen molar-refractivity contribution in [2.24, 2.45) is 39.4 Å². The first kappa shape index (κ1) is 21.9. The molecule has 1 aliphatic heterocycles. The SMILES string of the molecule is CC1(C)C(=O)CC[C@@]2(C)C1CC[C@]1(C)[C@@H]2CCC2[C@@](O)([C@]3(C)CCC(=O)O3)CC[C@]21C. The van der Waals surface area contributed by atoms with Gasteiger partial charge in [-0.1, -0.05) is 34.6 Å². The number of Topliss-reactive ketones (excluding diaryl/α,β-unsaturated/α-hetero) is 1. The summed E-state index contributed by atoms with van der Waals surface area (Å²) in [5.41, 5.74) is -1.56. The van der Waals surface area contributed by atoms with Crippen LogP contribution in [0.3, 0.4) is 0 Å². The van der Waals surface area contributed by atoms with E-state index in [1.165, 1.54) is 0 Å². The number of hydrogen-bond acceptors (Lipinski definition) is 4. The number of carbonyl (C=O) groups excluding carboxylic acids is 2. The van der Waals surface area contributed by atoms with Crippen molar-refractivity contribution in [2.45, 2.75) is 117 Å². The summed E-state index contributed by atoms with van der Waals surface area (Å²) in [7, 11) is 0. The minimum Gasteiger partial charge on any atom is -0.456 e. The van der Waals surface area contributed by atoms with Gasteiger partial charge < -0.3 is 9.84 Å². The molecule has 1 heterocycles. The molecule has 4 nitrogen and oxygen atoms in total. The number of ketones is 1. The Bertz CT molecular complexity index is 833. The average Bonchev–Trinajstić information content (AvgIpc) is 3.18. The molecule has 0 aromatic rings. The van der Waals surface area contributed by atoms with Gasteiger partial charge >= 0.3 is 5.97 Å². The lowest BCUT2D eigenvalue weighted by atomic mass is 9.35. The number of fused-ring (bicyclic) bond motifs is 5. The summed E-state index contributed by atoms with van der Waals surface area (Å²) < 4.78 is 5.82. The van der Waals surface area contributed by atoms with Crippen LogP contribution in [0.2, 0.25) is 0 Å². The zero-order valence-electron chi connectivity index (χ0n) is 20.5. The molecule has 1 saturated heterocycles. The van der Waals surface area contributed by atoms with Crippen LogP contribution in [0.4, 0.5) is 0 Å². The van der Waals surface area contributed by atoms with Crippen molar-refractivity contribution in [3.63, 3.8) is 0 Å². The van der Waals surface area contributed by atoms with Gasteiger partial charge in [0, 0.05) is 24.7 Å². The van der Waals surface area contributed by atoms with E-state index in [0.29, 0.717) is 36.9 Å². The predicted octanol–water partition coefficient (Wildman–Crippen LogP) is 5.45. The highest BCUT2D eigenvalue weighted by atomic mass is 16.6. The summed E-state index contributed by atoms with van der Waals surface area (Å²) >= 11 is 0. The molecule has 31 heavy (non-hydrogen) atoms. The van der Waals surface area contributed by atoms with Gasteiger partial charge in [-0.15, -0.1) is 0 Å². The van der Waals surface area contributed by atoms with E-state index in [4.69, 9.17) is 4.74 Å². The van der Waals surface area contributed by atoms with Crippen LogP contribution in [0.15, 0.2) is 0 Å². The predicted molar refractivity (Wildman–Crippen MR) is 119 cm³/mol. The number of rotatable bonds is 1. The van der Waals surface area contributed by atoms with Crippen molar-refractivity contribution in [3.05, 3.63) is 0 Å². The Kier molecular flexibility index (Phi) is 4.35. The molecule has 0 radical (unpaired) electrons. The van der Waals surface area contributed by atoms with Crippen LogP contribution >= 0.6 is 0 Å². The van der Waals surface area contributed by atoms with Crippen molar-refractivity contribution in [2.75, 3.05) is 0 Å². The minimum atomic E-state index is -0.929. The molecule has 5 aliphatic rings. The topological polar surface area (TPSA) is 63.6 Å². The van der Waals surface area contributed by atoms with E-state index >= 15 is 0 Å². The maximum Gasteiger partial charge on any atom is 0.306 e. The number of aliphatic hydroxyl groups is 1. The molecule has 8 atom stereocenters. The normalized spacial score (nSPS) is 55.9. The Labute approximate surface area is 187 Å². The molecule has 4 heteroatoms. The molecule has 4 aliphatic carbocycles. The second-order valence-electron chi connectivity index (χ2n) is 13.4. The van der Waals surface area contributed by atoms with Crippen molar-refractivity contribution < 1.29 is 19.4 Å². The van der Waals surface area contributed by atoms with E-state index in [-0.39, 0.29) is 33.5 Å². The van der Waals surface area contributed by atoms with Gasteiger partial charge in [-0.2, -0.15) is 0 Å². The quantitative estimate of drug-likeness (QED) is 0.562. The lowest BCUT2D eigenvalue weighted by Gasteiger charge is -2.69. The molecule has 1 N–H and O–H groups in total. The highest BCUT2D eigenvalue weighted by molar-refractivity contribution is 5.85. The molecule has 174 valence electrons. The third-order valence-electron chi connectivity index (χ3n) is 12.3. The van der Waals surface area contributed by atoms with Crippen molar-refractivity contribution in [1.82, 2.24) is 0 Å². The Balaban J connectivity index is 1.53. The van der Waals surface area contributed by atoms with Gasteiger partial charge in [-0.05, 0) is 85.9 Å². The van der Waals surface area contributed by atoms with Gasteiger partial charge in [-0.25, -0.2) is 0 Å². The highest BCUT2D eigenvalue weighted by Crippen LogP contribution is 2.76. The summed E-state index contributed by atoms with van der Waals surface area (Å²) in [6, 6.07) is 0. The molecule has 0 aromatic carbocycles. The number of hydrogen-bond donors (Lipinski definition) is 1. The number of ether oxygens (including phenoxy) is 1. The molecule has 2 unspecified atom stereocenters. The lowest BCUT2D eigenvalue weighted by Crippen LogP contribution is -2.66. The zero-order chi connectivity index (χ0) is 22.7. The van der Waals surface area contributed by atoms with Crippen LogP contribution in [-0.2, 0) is 14.3 Å². The summed E-state index contributed by atoms with van der Waals surface area (Å²) in [6.45, 7) is 13.8. The summed E-state index contributed by atoms with van der Waals surface area (Å²) in [6.07, 6.45) is 8.85. The summed E-state index contributed by atoms with van der Waals surface area (Å²) in [4.78, 5) is 24.8. The fraction of sp³-hybridized carbons (Fsp3) is 0.926. The van der Waals surface area contributed by atoms with Crippen LogP contribution in [0.5, 0.6) is 0 Å². The summed E-state index contributed by atoms with van der Waals surface area (Å²) in [5.74, 6) is 1.48. The second kappa shape index (κ2) is 6.15. The molecule has 5 fully saturated rings. The van der Waals surface area contributed by atoms with Crippen LogP contribution in [-0.4, -0.2) is 28.1 Å². The van der Waals surface area contributed by atoms with Crippen molar-refractivity contribution >= 4 is 11.8 Å². The molecular weight excluding hydrogens is 388 g/mol. The van der Waals surface area contributed by atoms with Gasteiger partial charge in [0.05, 0.1) is 0 Å². The van der Waals surface area contributed by atoms with E-state index in [1.807, 2.05) is 6.92 Å². The Morgan fingerprint density at radius 3 is 2.03 bits per heavy atom. The van der Waals surface area contributed by atoms with Crippen LogP contribution < -0.4 is 0 Å². The number of carbonyl (C=O) groups is 2. The molecular formula is C27H42O4. The monoisotopic (exact) mass is 430 g/mol. The van der Waals surface area contributed by atoms with E-state index in [9.17, 15) is 14.7 Å². The van der Waals surface area contributed by atoms with Gasteiger partial charge in [0.1, 0.15) is 17.0 Å². The molecule has 0 aromatic heterocycles. The first-order valence-electron chi connectivity index (χ1n) is 12.7. The largest absolute Gasteiger partial charge is 0.456 e. The smallest absolute Gasteiger partial charge is 0.306 e. The van der Waals surface area contributed by atoms with Crippen molar-refractivity contribution in [3.8, 4) is 0 Å². The molecule has 5 rings (SSSR count). The fourth-order valence-corrected chi connectivity index (χ4v) is 10.2. The van der Waals surface area contributed by atoms with Gasteiger partial charge in [0.2, 0.25) is 0 Å². The Hall–Kier alpha value is -0.900. The lowest BCUT2D eigenvalue weighted by molar-refractivity contribution is -0.234. The standard InChI is InChI=1S/C27H42O4/c1-22(2)17-9-13-24(4)18(23(17,3)12-10-20(22)28)7-8-19-25(24,5)15-16-27(19,30)26(6)14-11-21(29)31-26/h17-19,30H,7-16H2,1-6H3/t17?,18-,19?,23+,24-,25-,26+,27-/m1/s1. The third kappa shape index (κ3) is 2.41. The zero-order valence-corrected chi connectivity index (χ0v) is 20.5. The molecule has 4 saturated carbocycles. The molecule has 0 bridgehead atoms.